The molecule has 68 heavy (non-hydrogen) atoms. The van der Waals surface area contributed by atoms with E-state index in [0.29, 0.717) is 19.4 Å². The van der Waals surface area contributed by atoms with Crippen molar-refractivity contribution in [3.8, 4) is 0 Å². The van der Waals surface area contributed by atoms with E-state index in [4.69, 9.17) is 4.74 Å². The Bertz CT molecular complexity index is 1060. The highest BCUT2D eigenvalue weighted by Gasteiger charge is 2.18. The molecule has 0 aliphatic carbocycles. The molecule has 402 valence electrons. The lowest BCUT2D eigenvalue weighted by molar-refractivity contribution is -0.143. The monoisotopic (exact) mass is 958 g/mol. The zero-order valence-electron chi connectivity index (χ0n) is 45.9. The van der Waals surface area contributed by atoms with Crippen molar-refractivity contribution in [2.75, 3.05) is 13.2 Å². The molecular weight excluding hydrogens is 839 g/mol. The molecule has 3 N–H and O–H groups in total. The maximum absolute atomic E-state index is 12.5. The molecule has 0 heterocycles. The van der Waals surface area contributed by atoms with Crippen LogP contribution in [0.3, 0.4) is 0 Å². The Morgan fingerprint density at radius 1 is 0.397 bits per heavy atom. The van der Waals surface area contributed by atoms with E-state index in [9.17, 15) is 19.8 Å². The minimum absolute atomic E-state index is 0.00775. The molecule has 0 aliphatic heterocycles. The van der Waals surface area contributed by atoms with Crippen LogP contribution < -0.4 is 5.32 Å². The van der Waals surface area contributed by atoms with E-state index in [0.717, 1.165) is 51.4 Å². The number of ether oxygens (including phenoxy) is 1. The van der Waals surface area contributed by atoms with Gasteiger partial charge in [-0.05, 0) is 57.8 Å². The van der Waals surface area contributed by atoms with Gasteiger partial charge in [-0.2, -0.15) is 0 Å². The van der Waals surface area contributed by atoms with E-state index >= 15 is 0 Å². The topological polar surface area (TPSA) is 95.9 Å². The van der Waals surface area contributed by atoms with Crippen molar-refractivity contribution >= 4 is 11.9 Å². The fraction of sp³-hybridized carbons (Fsp3) is 0.903. The van der Waals surface area contributed by atoms with E-state index in [-0.39, 0.29) is 18.5 Å². The highest BCUT2D eigenvalue weighted by Crippen LogP contribution is 2.17. The second kappa shape index (κ2) is 57.9. The van der Waals surface area contributed by atoms with Crippen LogP contribution in [0.25, 0.3) is 0 Å². The maximum Gasteiger partial charge on any atom is 0.305 e. The van der Waals surface area contributed by atoms with Gasteiger partial charge in [0.15, 0.2) is 0 Å². The smallest absolute Gasteiger partial charge is 0.305 e. The number of aliphatic hydroxyl groups excluding tert-OH is 2. The number of nitrogens with one attached hydrogen (secondary N) is 1. The minimum Gasteiger partial charge on any atom is -0.466 e. The number of unbranched alkanes of at least 4 members (excludes halogenated alkanes) is 44. The molecule has 0 aromatic heterocycles. The second-order valence-electron chi connectivity index (χ2n) is 21.0. The Morgan fingerprint density at radius 2 is 0.691 bits per heavy atom. The summed E-state index contributed by atoms with van der Waals surface area (Å²) in [7, 11) is 0. The van der Waals surface area contributed by atoms with Crippen LogP contribution >= 0.6 is 0 Å². The van der Waals surface area contributed by atoms with Crippen LogP contribution in [0.15, 0.2) is 24.3 Å². The van der Waals surface area contributed by atoms with Crippen molar-refractivity contribution in [3.05, 3.63) is 24.3 Å². The lowest BCUT2D eigenvalue weighted by Crippen LogP contribution is -2.45. The third-order valence-corrected chi connectivity index (χ3v) is 14.2. The number of allylic oxidation sites excluding steroid dienone is 3. The summed E-state index contributed by atoms with van der Waals surface area (Å²) < 4.78 is 5.47. The van der Waals surface area contributed by atoms with Gasteiger partial charge >= 0.3 is 5.97 Å². The molecule has 0 radical (unpaired) electrons. The normalized spacial score (nSPS) is 12.7. The molecule has 6 heteroatoms. The van der Waals surface area contributed by atoms with Gasteiger partial charge in [0.2, 0.25) is 5.91 Å². The van der Waals surface area contributed by atoms with Crippen LogP contribution in [0.4, 0.5) is 0 Å². The van der Waals surface area contributed by atoms with Crippen LogP contribution in [0.1, 0.15) is 335 Å². The lowest BCUT2D eigenvalue weighted by Gasteiger charge is -2.20. The average molecular weight is 959 g/mol. The SMILES string of the molecule is CCCCCCCC/C=C\CCCCCCCC(=O)OCCCCCCCCCCCCCCCCCC(=O)NC(CO)C(O)/C=C/CCCCCCCCCCCCCCCCCCCCC. The highest BCUT2D eigenvalue weighted by molar-refractivity contribution is 5.76. The lowest BCUT2D eigenvalue weighted by atomic mass is 10.0. The van der Waals surface area contributed by atoms with Gasteiger partial charge in [0.1, 0.15) is 0 Å². The quantitative estimate of drug-likeness (QED) is 0.0321. The van der Waals surface area contributed by atoms with Crippen LogP contribution in [-0.4, -0.2) is 47.4 Å². The number of aliphatic hydroxyl groups is 2. The standard InChI is InChI=1S/C62H119NO5/c1-3-5-7-9-11-13-15-17-19-20-21-22-23-24-27-30-34-38-42-46-50-54-60(65)59(58-64)63-61(66)55-51-47-43-39-35-31-28-25-29-33-37-41-45-49-53-57-68-62(67)56-52-48-44-40-36-32-26-18-16-14-12-10-8-6-4-2/h18,26,50,54,59-60,64-65H,3-17,19-25,27-49,51-53,55-58H2,1-2H3,(H,63,66)/b26-18-,54-50+. The average Bonchev–Trinajstić information content (AvgIpc) is 3.34. The fourth-order valence-electron chi connectivity index (χ4n) is 9.51. The van der Waals surface area contributed by atoms with Crippen LogP contribution in [0, 0.1) is 0 Å². The molecule has 0 fully saturated rings. The molecule has 0 aromatic carbocycles. The number of carbonyl (C=O) groups is 2. The van der Waals surface area contributed by atoms with Gasteiger partial charge in [-0.1, -0.05) is 289 Å². The van der Waals surface area contributed by atoms with Crippen molar-refractivity contribution in [1.29, 1.82) is 0 Å². The van der Waals surface area contributed by atoms with E-state index in [2.05, 4.69) is 31.3 Å². The fourth-order valence-corrected chi connectivity index (χ4v) is 9.51. The van der Waals surface area contributed by atoms with Gasteiger partial charge in [-0.15, -0.1) is 0 Å². The zero-order chi connectivity index (χ0) is 49.3. The maximum atomic E-state index is 12.5. The first-order valence-corrected chi connectivity index (χ1v) is 30.6. The first-order valence-electron chi connectivity index (χ1n) is 30.6. The Labute approximate surface area is 424 Å². The summed E-state index contributed by atoms with van der Waals surface area (Å²) in [4.78, 5) is 24.5. The van der Waals surface area contributed by atoms with Gasteiger partial charge in [0.05, 0.1) is 25.4 Å². The largest absolute Gasteiger partial charge is 0.466 e. The Morgan fingerprint density at radius 3 is 1.04 bits per heavy atom. The Kier molecular flexibility index (Phi) is 56.5. The highest BCUT2D eigenvalue weighted by atomic mass is 16.5. The van der Waals surface area contributed by atoms with Crippen molar-refractivity contribution in [2.45, 2.75) is 347 Å². The molecule has 0 aromatic rings. The molecule has 0 saturated heterocycles. The minimum atomic E-state index is -0.851. The summed E-state index contributed by atoms with van der Waals surface area (Å²) in [5.41, 5.74) is 0. The van der Waals surface area contributed by atoms with Crippen molar-refractivity contribution in [3.63, 3.8) is 0 Å². The summed E-state index contributed by atoms with van der Waals surface area (Å²) in [6, 6.07) is -0.635. The van der Waals surface area contributed by atoms with Gasteiger partial charge in [-0.25, -0.2) is 0 Å². The summed E-state index contributed by atoms with van der Waals surface area (Å²) >= 11 is 0. The third-order valence-electron chi connectivity index (χ3n) is 14.2. The number of rotatable bonds is 57. The number of amides is 1. The molecule has 0 saturated carbocycles. The Balaban J connectivity index is 3.46. The molecule has 0 spiro atoms. The van der Waals surface area contributed by atoms with Gasteiger partial charge < -0.3 is 20.3 Å². The molecule has 6 nitrogen and oxygen atoms in total. The molecule has 0 aliphatic rings. The molecular formula is C62H119NO5. The third kappa shape index (κ3) is 53.7. The van der Waals surface area contributed by atoms with Gasteiger partial charge in [0.25, 0.3) is 0 Å². The summed E-state index contributed by atoms with van der Waals surface area (Å²) in [6.45, 7) is 4.90. The summed E-state index contributed by atoms with van der Waals surface area (Å²) in [6.07, 6.45) is 70.6. The van der Waals surface area contributed by atoms with Gasteiger partial charge in [-0.3, -0.25) is 9.59 Å². The Hall–Kier alpha value is -1.66. The van der Waals surface area contributed by atoms with E-state index in [1.807, 2.05) is 6.08 Å². The summed E-state index contributed by atoms with van der Waals surface area (Å²) in [5, 5.41) is 23.2. The predicted molar refractivity (Wildman–Crippen MR) is 296 cm³/mol. The van der Waals surface area contributed by atoms with Crippen molar-refractivity contribution in [2.24, 2.45) is 0 Å². The zero-order valence-corrected chi connectivity index (χ0v) is 45.9. The predicted octanol–water partition coefficient (Wildman–Crippen LogP) is 19.0. The van der Waals surface area contributed by atoms with E-state index < -0.39 is 12.1 Å². The summed E-state index contributed by atoms with van der Waals surface area (Å²) in [5.74, 6) is -0.0815. The molecule has 0 rings (SSSR count). The van der Waals surface area contributed by atoms with E-state index in [1.165, 1.54) is 257 Å². The van der Waals surface area contributed by atoms with Crippen molar-refractivity contribution < 1.29 is 24.5 Å². The second-order valence-corrected chi connectivity index (χ2v) is 21.0. The first kappa shape index (κ1) is 66.3. The molecule has 0 bridgehead atoms. The first-order chi connectivity index (χ1) is 33.5. The van der Waals surface area contributed by atoms with Crippen LogP contribution in [-0.2, 0) is 14.3 Å². The van der Waals surface area contributed by atoms with E-state index in [1.54, 1.807) is 6.08 Å². The van der Waals surface area contributed by atoms with Gasteiger partial charge in [0, 0.05) is 12.8 Å². The van der Waals surface area contributed by atoms with Crippen LogP contribution in [0.2, 0.25) is 0 Å². The number of hydrogen-bond donors (Lipinski definition) is 3. The number of hydrogen-bond acceptors (Lipinski definition) is 5. The van der Waals surface area contributed by atoms with Crippen LogP contribution in [0.5, 0.6) is 0 Å². The molecule has 1 amide bonds. The number of esters is 1. The number of carbonyl (C=O) groups excluding carboxylic acids is 2. The van der Waals surface area contributed by atoms with Crippen molar-refractivity contribution in [1.82, 2.24) is 5.32 Å². The molecule has 2 atom stereocenters. The molecule has 2 unspecified atom stereocenters.